The molecule has 1 heterocycles. The largest absolute Gasteiger partial charge is 0.366 e. The van der Waals surface area contributed by atoms with Gasteiger partial charge in [-0.15, -0.1) is 12.4 Å². The SMILES string of the molecule is Cl.NC(=O)c1cccc(NC(=O)C2CNCCO2)c1. The maximum Gasteiger partial charge on any atom is 0.254 e. The monoisotopic (exact) mass is 285 g/mol. The molecule has 1 aromatic carbocycles. The minimum absolute atomic E-state index is 0. The zero-order chi connectivity index (χ0) is 13.0. The predicted octanol–water partition coefficient (Wildman–Crippen LogP) is 0.134. The van der Waals surface area contributed by atoms with Crippen molar-refractivity contribution in [1.82, 2.24) is 5.32 Å². The Hall–Kier alpha value is -1.63. The second kappa shape index (κ2) is 7.08. The van der Waals surface area contributed by atoms with Crippen molar-refractivity contribution in [3.8, 4) is 0 Å². The van der Waals surface area contributed by atoms with E-state index in [1.807, 2.05) is 0 Å². The van der Waals surface area contributed by atoms with Crippen LogP contribution in [0, 0.1) is 0 Å². The van der Waals surface area contributed by atoms with Gasteiger partial charge < -0.3 is 21.1 Å². The van der Waals surface area contributed by atoms with Gasteiger partial charge in [0.2, 0.25) is 5.91 Å². The Labute approximate surface area is 117 Å². The highest BCUT2D eigenvalue weighted by molar-refractivity contribution is 5.97. The lowest BCUT2D eigenvalue weighted by atomic mass is 10.2. The van der Waals surface area contributed by atoms with Crippen molar-refractivity contribution in [2.75, 3.05) is 25.0 Å². The lowest BCUT2D eigenvalue weighted by molar-refractivity contribution is -0.128. The maximum atomic E-state index is 11.9. The number of anilines is 1. The molecule has 0 spiro atoms. The first-order valence-corrected chi connectivity index (χ1v) is 5.70. The van der Waals surface area contributed by atoms with Gasteiger partial charge in [0, 0.05) is 24.3 Å². The van der Waals surface area contributed by atoms with E-state index in [1.165, 1.54) is 6.07 Å². The number of morpholine rings is 1. The van der Waals surface area contributed by atoms with Gasteiger partial charge in [-0.05, 0) is 18.2 Å². The third-order valence-electron chi connectivity index (χ3n) is 2.63. The lowest BCUT2D eigenvalue weighted by Crippen LogP contribution is -2.45. The van der Waals surface area contributed by atoms with E-state index < -0.39 is 12.0 Å². The van der Waals surface area contributed by atoms with E-state index in [2.05, 4.69) is 10.6 Å². The summed E-state index contributed by atoms with van der Waals surface area (Å²) < 4.78 is 5.32. The third kappa shape index (κ3) is 4.20. The van der Waals surface area contributed by atoms with Gasteiger partial charge in [0.1, 0.15) is 6.10 Å². The Bertz CT molecular complexity index is 461. The van der Waals surface area contributed by atoms with Gasteiger partial charge in [-0.3, -0.25) is 9.59 Å². The summed E-state index contributed by atoms with van der Waals surface area (Å²) >= 11 is 0. The standard InChI is InChI=1S/C12H15N3O3.ClH/c13-11(16)8-2-1-3-9(6-8)15-12(17)10-7-14-4-5-18-10;/h1-3,6,10,14H,4-5,7H2,(H2,13,16)(H,15,17);1H. The highest BCUT2D eigenvalue weighted by Crippen LogP contribution is 2.11. The molecule has 2 rings (SSSR count). The molecule has 0 radical (unpaired) electrons. The van der Waals surface area contributed by atoms with E-state index >= 15 is 0 Å². The van der Waals surface area contributed by atoms with E-state index in [-0.39, 0.29) is 18.3 Å². The van der Waals surface area contributed by atoms with Crippen LogP contribution in [-0.4, -0.2) is 37.6 Å². The van der Waals surface area contributed by atoms with Crippen molar-refractivity contribution < 1.29 is 14.3 Å². The Morgan fingerprint density at radius 3 is 2.84 bits per heavy atom. The zero-order valence-corrected chi connectivity index (χ0v) is 11.0. The van der Waals surface area contributed by atoms with Gasteiger partial charge in [0.15, 0.2) is 0 Å². The fourth-order valence-electron chi connectivity index (χ4n) is 1.71. The Kier molecular flexibility index (Phi) is 5.75. The molecular formula is C12H16ClN3O3. The number of nitrogens with one attached hydrogen (secondary N) is 2. The molecule has 0 aromatic heterocycles. The second-order valence-corrected chi connectivity index (χ2v) is 4.00. The number of rotatable bonds is 3. The molecule has 4 N–H and O–H groups in total. The molecule has 1 atom stereocenters. The summed E-state index contributed by atoms with van der Waals surface area (Å²) in [5.41, 5.74) is 6.06. The molecule has 2 amide bonds. The molecule has 1 aliphatic heterocycles. The van der Waals surface area contributed by atoms with Crippen LogP contribution in [0.5, 0.6) is 0 Å². The zero-order valence-electron chi connectivity index (χ0n) is 10.2. The molecule has 1 fully saturated rings. The average molecular weight is 286 g/mol. The van der Waals surface area contributed by atoms with Gasteiger partial charge in [0.05, 0.1) is 6.61 Å². The van der Waals surface area contributed by atoms with Crippen molar-refractivity contribution in [1.29, 1.82) is 0 Å². The van der Waals surface area contributed by atoms with E-state index in [4.69, 9.17) is 10.5 Å². The number of primary amides is 1. The summed E-state index contributed by atoms with van der Waals surface area (Å²) in [7, 11) is 0. The fourth-order valence-corrected chi connectivity index (χ4v) is 1.71. The third-order valence-corrected chi connectivity index (χ3v) is 2.63. The van der Waals surface area contributed by atoms with Crippen LogP contribution in [0.4, 0.5) is 5.69 Å². The molecule has 0 saturated carbocycles. The number of benzene rings is 1. The molecule has 6 nitrogen and oxygen atoms in total. The molecular weight excluding hydrogens is 270 g/mol. The Morgan fingerprint density at radius 2 is 2.21 bits per heavy atom. The molecule has 104 valence electrons. The summed E-state index contributed by atoms with van der Waals surface area (Å²) in [6, 6.07) is 6.49. The summed E-state index contributed by atoms with van der Waals surface area (Å²) in [6.45, 7) is 1.75. The minimum Gasteiger partial charge on any atom is -0.366 e. The molecule has 1 aromatic rings. The number of ether oxygens (including phenoxy) is 1. The van der Waals surface area contributed by atoms with Crippen molar-refractivity contribution in [2.24, 2.45) is 5.73 Å². The summed E-state index contributed by atoms with van der Waals surface area (Å²) in [4.78, 5) is 22.9. The van der Waals surface area contributed by atoms with Crippen LogP contribution in [0.1, 0.15) is 10.4 Å². The first kappa shape index (κ1) is 15.4. The van der Waals surface area contributed by atoms with Gasteiger partial charge in [-0.1, -0.05) is 6.07 Å². The number of carbonyl (C=O) groups excluding carboxylic acids is 2. The molecule has 19 heavy (non-hydrogen) atoms. The van der Waals surface area contributed by atoms with Gasteiger partial charge in [0.25, 0.3) is 5.91 Å². The van der Waals surface area contributed by atoms with Crippen LogP contribution in [0.2, 0.25) is 0 Å². The van der Waals surface area contributed by atoms with Crippen molar-refractivity contribution in [3.05, 3.63) is 29.8 Å². The van der Waals surface area contributed by atoms with Gasteiger partial charge >= 0.3 is 0 Å². The van der Waals surface area contributed by atoms with Crippen molar-refractivity contribution >= 4 is 29.9 Å². The van der Waals surface area contributed by atoms with Crippen molar-refractivity contribution in [2.45, 2.75) is 6.10 Å². The van der Waals surface area contributed by atoms with Gasteiger partial charge in [-0.25, -0.2) is 0 Å². The minimum atomic E-state index is -0.526. The quantitative estimate of drug-likeness (QED) is 0.736. The maximum absolute atomic E-state index is 11.9. The molecule has 0 aliphatic carbocycles. The number of hydrogen-bond acceptors (Lipinski definition) is 4. The molecule has 0 bridgehead atoms. The van der Waals surface area contributed by atoms with E-state index in [9.17, 15) is 9.59 Å². The van der Waals surface area contributed by atoms with Gasteiger partial charge in [-0.2, -0.15) is 0 Å². The summed E-state index contributed by atoms with van der Waals surface area (Å²) in [5, 5.41) is 5.77. The van der Waals surface area contributed by atoms with Crippen LogP contribution in [0.15, 0.2) is 24.3 Å². The van der Waals surface area contributed by atoms with Crippen LogP contribution < -0.4 is 16.4 Å². The highest BCUT2D eigenvalue weighted by Gasteiger charge is 2.21. The topological polar surface area (TPSA) is 93.5 Å². The van der Waals surface area contributed by atoms with E-state index in [0.717, 1.165) is 6.54 Å². The fraction of sp³-hybridized carbons (Fsp3) is 0.333. The molecule has 1 unspecified atom stereocenters. The normalized spacial score (nSPS) is 18.2. The van der Waals surface area contributed by atoms with Crippen LogP contribution in [0.3, 0.4) is 0 Å². The lowest BCUT2D eigenvalue weighted by Gasteiger charge is -2.22. The van der Waals surface area contributed by atoms with Crippen LogP contribution in [-0.2, 0) is 9.53 Å². The number of halogens is 1. The predicted molar refractivity (Wildman–Crippen MR) is 73.4 cm³/mol. The number of amides is 2. The first-order chi connectivity index (χ1) is 8.66. The van der Waals surface area contributed by atoms with Crippen molar-refractivity contribution in [3.63, 3.8) is 0 Å². The number of nitrogens with two attached hydrogens (primary N) is 1. The Morgan fingerprint density at radius 1 is 1.42 bits per heavy atom. The first-order valence-electron chi connectivity index (χ1n) is 5.70. The number of carbonyl (C=O) groups is 2. The molecule has 7 heteroatoms. The second-order valence-electron chi connectivity index (χ2n) is 4.00. The Balaban J connectivity index is 0.00000180. The summed E-state index contributed by atoms with van der Waals surface area (Å²) in [5.74, 6) is -0.759. The molecule has 1 saturated heterocycles. The highest BCUT2D eigenvalue weighted by atomic mass is 35.5. The summed E-state index contributed by atoms with van der Waals surface area (Å²) in [6.07, 6.45) is -0.504. The van der Waals surface area contributed by atoms with Crippen LogP contribution in [0.25, 0.3) is 0 Å². The molecule has 1 aliphatic rings. The smallest absolute Gasteiger partial charge is 0.254 e. The average Bonchev–Trinajstić information content (AvgIpc) is 2.40. The van der Waals surface area contributed by atoms with Crippen LogP contribution >= 0.6 is 12.4 Å². The van der Waals surface area contributed by atoms with E-state index in [0.29, 0.717) is 24.4 Å². The van der Waals surface area contributed by atoms with E-state index in [1.54, 1.807) is 18.2 Å². The number of hydrogen-bond donors (Lipinski definition) is 3.